The van der Waals surface area contributed by atoms with Gasteiger partial charge in [-0.1, -0.05) is 25.9 Å². The molecule has 6 rings (SSSR count). The highest BCUT2D eigenvalue weighted by Gasteiger charge is 2.69. The number of rotatable bonds is 10. The summed E-state index contributed by atoms with van der Waals surface area (Å²) in [5.41, 5.74) is 0.918. The largest absolute Gasteiger partial charge is 0.491 e. The van der Waals surface area contributed by atoms with E-state index < -0.39 is 36.5 Å². The summed E-state index contributed by atoms with van der Waals surface area (Å²) in [5.74, 6) is 0.0120. The first-order chi connectivity index (χ1) is 18.3. The Balaban J connectivity index is 1.16. The van der Waals surface area contributed by atoms with Crippen molar-refractivity contribution in [3.05, 3.63) is 29.8 Å². The van der Waals surface area contributed by atoms with Gasteiger partial charge in [-0.25, -0.2) is 14.6 Å². The lowest BCUT2D eigenvalue weighted by Gasteiger charge is -2.60. The Morgan fingerprint density at radius 2 is 1.89 bits per heavy atom. The molecule has 1 aliphatic carbocycles. The quantitative estimate of drug-likeness (QED) is 0.201. The fourth-order valence-corrected chi connectivity index (χ4v) is 6.62. The van der Waals surface area contributed by atoms with Gasteiger partial charge in [0.15, 0.2) is 18.2 Å². The molecule has 5 fully saturated rings. The standard InChI is InChI=1S/C28H39NO9/c1-5-23(29-34-16-24(30)31)19-7-9-20(10-8-19)32-14-15-33-25-18(3)22-11-6-17(2)21-12-13-27(4)36-26(35-25)28(21,22)38-37-27/h7-10,17-18,21-22,25-26H,5-6,11-16H2,1-4H3,(H,30,31)/b29-23+/t17-,18-,21?,22+,25+,26-,27-,28-/m1/s1. The van der Waals surface area contributed by atoms with Gasteiger partial charge in [0.05, 0.1) is 12.3 Å². The smallest absolute Gasteiger partial charge is 0.344 e. The molecule has 1 spiro atoms. The van der Waals surface area contributed by atoms with Crippen LogP contribution in [0.1, 0.15) is 65.4 Å². The van der Waals surface area contributed by atoms with Gasteiger partial charge in [0.2, 0.25) is 12.4 Å². The van der Waals surface area contributed by atoms with E-state index in [2.05, 4.69) is 19.0 Å². The van der Waals surface area contributed by atoms with Crippen LogP contribution in [0.3, 0.4) is 0 Å². The third-order valence-electron chi connectivity index (χ3n) is 8.62. The second-order valence-corrected chi connectivity index (χ2v) is 11.1. The lowest BCUT2D eigenvalue weighted by Crippen LogP contribution is -2.70. The average Bonchev–Trinajstić information content (AvgIpc) is 3.13. The van der Waals surface area contributed by atoms with E-state index in [0.29, 0.717) is 42.9 Å². The average molecular weight is 534 g/mol. The molecule has 0 aromatic heterocycles. The van der Waals surface area contributed by atoms with Crippen LogP contribution in [0.5, 0.6) is 5.75 Å². The third kappa shape index (κ3) is 5.16. The molecule has 5 aliphatic rings. The molecule has 4 saturated heterocycles. The van der Waals surface area contributed by atoms with Crippen molar-refractivity contribution in [2.75, 3.05) is 19.8 Å². The van der Waals surface area contributed by atoms with Gasteiger partial charge < -0.3 is 28.9 Å². The number of fused-ring (bicyclic) bond motifs is 2. The van der Waals surface area contributed by atoms with Gasteiger partial charge in [-0.2, -0.15) is 0 Å². The van der Waals surface area contributed by atoms with Crippen molar-refractivity contribution in [2.45, 2.75) is 83.8 Å². The number of carboxylic acid groups (broad SMARTS) is 1. The molecule has 8 atom stereocenters. The highest BCUT2D eigenvalue weighted by molar-refractivity contribution is 6.00. The topological polar surface area (TPSA) is 114 Å². The van der Waals surface area contributed by atoms with Crippen LogP contribution in [0.4, 0.5) is 0 Å². The van der Waals surface area contributed by atoms with Crippen molar-refractivity contribution >= 4 is 11.7 Å². The summed E-state index contributed by atoms with van der Waals surface area (Å²) in [4.78, 5) is 27.6. The number of ether oxygens (including phenoxy) is 4. The monoisotopic (exact) mass is 533 g/mol. The molecule has 1 aromatic rings. The fourth-order valence-electron chi connectivity index (χ4n) is 6.62. The van der Waals surface area contributed by atoms with Gasteiger partial charge in [0.1, 0.15) is 12.4 Å². The van der Waals surface area contributed by atoms with E-state index in [1.807, 2.05) is 38.1 Å². The van der Waals surface area contributed by atoms with Crippen molar-refractivity contribution in [1.29, 1.82) is 0 Å². The second kappa shape index (κ2) is 11.1. The van der Waals surface area contributed by atoms with Crippen LogP contribution in [0.25, 0.3) is 0 Å². The van der Waals surface area contributed by atoms with Gasteiger partial charge in [0.25, 0.3) is 0 Å². The zero-order chi connectivity index (χ0) is 26.9. The summed E-state index contributed by atoms with van der Waals surface area (Å²) in [6, 6.07) is 7.43. The molecular formula is C28H39NO9. The van der Waals surface area contributed by atoms with Crippen molar-refractivity contribution in [3.63, 3.8) is 0 Å². The Hall–Kier alpha value is -2.24. The summed E-state index contributed by atoms with van der Waals surface area (Å²) in [6.07, 6.45) is 3.62. The lowest BCUT2D eigenvalue weighted by atomic mass is 9.58. The fraction of sp³-hybridized carbons (Fsp3) is 0.714. The predicted molar refractivity (Wildman–Crippen MR) is 135 cm³/mol. The first-order valence-corrected chi connectivity index (χ1v) is 13.7. The Labute approximate surface area is 223 Å². The van der Waals surface area contributed by atoms with Crippen LogP contribution in [-0.4, -0.2) is 60.6 Å². The van der Waals surface area contributed by atoms with Crippen LogP contribution < -0.4 is 4.74 Å². The zero-order valence-corrected chi connectivity index (χ0v) is 22.6. The zero-order valence-electron chi connectivity index (χ0n) is 22.6. The van der Waals surface area contributed by atoms with E-state index in [0.717, 1.165) is 31.2 Å². The molecule has 1 aromatic carbocycles. The molecule has 4 heterocycles. The summed E-state index contributed by atoms with van der Waals surface area (Å²) >= 11 is 0. The number of carbonyl (C=O) groups is 1. The van der Waals surface area contributed by atoms with Crippen molar-refractivity contribution < 1.29 is 43.5 Å². The van der Waals surface area contributed by atoms with Crippen molar-refractivity contribution in [3.8, 4) is 5.75 Å². The molecular weight excluding hydrogens is 494 g/mol. The molecule has 0 amide bonds. The number of hydrogen-bond donors (Lipinski definition) is 1. The Bertz CT molecular complexity index is 1020. The van der Waals surface area contributed by atoms with Crippen LogP contribution in [0, 0.1) is 23.7 Å². The van der Waals surface area contributed by atoms with Gasteiger partial charge >= 0.3 is 5.97 Å². The molecule has 0 radical (unpaired) electrons. The number of benzene rings is 1. The van der Waals surface area contributed by atoms with Gasteiger partial charge in [0, 0.05) is 18.3 Å². The van der Waals surface area contributed by atoms with Gasteiger partial charge in [-0.3, -0.25) is 0 Å². The number of aliphatic carboxylic acids is 1. The summed E-state index contributed by atoms with van der Waals surface area (Å²) in [7, 11) is 0. The maximum atomic E-state index is 10.6. The summed E-state index contributed by atoms with van der Waals surface area (Å²) in [5, 5.41) is 12.6. The molecule has 1 N–H and O–H groups in total. The number of oxime groups is 1. The van der Waals surface area contributed by atoms with E-state index in [-0.39, 0.29) is 11.8 Å². The van der Waals surface area contributed by atoms with Gasteiger partial charge in [-0.05, 0) is 74.3 Å². The molecule has 4 aliphatic heterocycles. The highest BCUT2D eigenvalue weighted by atomic mass is 17.3. The SMILES string of the molecule is CC/C(=N\OCC(=O)O)c1ccc(OCCO[C@H]2O[C@@H]3O[C@@]4(C)CCC5[C@H](C)CC[C@@H]([C@H]2C)[C@]53OO4)cc1. The maximum absolute atomic E-state index is 10.6. The number of carboxylic acids is 1. The normalized spacial score (nSPS) is 38.3. The molecule has 210 valence electrons. The number of nitrogens with zero attached hydrogens (tertiary/aromatic N) is 1. The van der Waals surface area contributed by atoms with Crippen LogP contribution in [-0.2, 0) is 33.6 Å². The van der Waals surface area contributed by atoms with E-state index in [1.54, 1.807) is 0 Å². The van der Waals surface area contributed by atoms with Crippen molar-refractivity contribution in [2.24, 2.45) is 28.8 Å². The molecule has 38 heavy (non-hydrogen) atoms. The molecule has 10 nitrogen and oxygen atoms in total. The maximum Gasteiger partial charge on any atom is 0.344 e. The Morgan fingerprint density at radius 3 is 2.63 bits per heavy atom. The van der Waals surface area contributed by atoms with E-state index in [4.69, 9.17) is 38.7 Å². The Kier molecular flexibility index (Phi) is 7.98. The molecule has 1 saturated carbocycles. The van der Waals surface area contributed by atoms with E-state index >= 15 is 0 Å². The van der Waals surface area contributed by atoms with Crippen molar-refractivity contribution in [1.82, 2.24) is 0 Å². The predicted octanol–water partition coefficient (Wildman–Crippen LogP) is 4.51. The Morgan fingerprint density at radius 1 is 1.11 bits per heavy atom. The van der Waals surface area contributed by atoms with Crippen LogP contribution in [0.15, 0.2) is 29.4 Å². The van der Waals surface area contributed by atoms with Gasteiger partial charge in [-0.15, -0.1) is 0 Å². The van der Waals surface area contributed by atoms with Crippen LogP contribution >= 0.6 is 0 Å². The summed E-state index contributed by atoms with van der Waals surface area (Å²) < 4.78 is 24.9. The lowest BCUT2D eigenvalue weighted by molar-refractivity contribution is -0.577. The third-order valence-corrected chi connectivity index (χ3v) is 8.62. The molecule has 10 heteroatoms. The molecule has 2 bridgehead atoms. The first-order valence-electron chi connectivity index (χ1n) is 13.7. The highest BCUT2D eigenvalue weighted by Crippen LogP contribution is 2.60. The summed E-state index contributed by atoms with van der Waals surface area (Å²) in [6.45, 7) is 8.58. The minimum absolute atomic E-state index is 0.116. The molecule has 1 unspecified atom stereocenters. The minimum atomic E-state index is -1.06. The second-order valence-electron chi connectivity index (χ2n) is 11.1. The number of hydrogen-bond acceptors (Lipinski definition) is 9. The minimum Gasteiger partial charge on any atom is -0.491 e. The van der Waals surface area contributed by atoms with E-state index in [1.165, 1.54) is 0 Å². The first kappa shape index (κ1) is 27.3. The van der Waals surface area contributed by atoms with E-state index in [9.17, 15) is 4.79 Å². The van der Waals surface area contributed by atoms with Crippen LogP contribution in [0.2, 0.25) is 0 Å².